The minimum Gasteiger partial charge on any atom is -0.371 e. The zero-order valence-electron chi connectivity index (χ0n) is 15.4. The molecule has 2 rings (SSSR count). The second kappa shape index (κ2) is 9.27. The van der Waals surface area contributed by atoms with Crippen LogP contribution in [0.3, 0.4) is 0 Å². The first-order valence-electron chi connectivity index (χ1n) is 9.07. The summed E-state index contributed by atoms with van der Waals surface area (Å²) >= 11 is 0. The molecular formula is C20H26N2O4. The maximum atomic E-state index is 12.7. The number of nitrogens with zero attached hydrogens (tertiary/aromatic N) is 2. The first-order chi connectivity index (χ1) is 12.5. The summed E-state index contributed by atoms with van der Waals surface area (Å²) in [6.45, 7) is 3.45. The molecule has 1 aromatic rings. The van der Waals surface area contributed by atoms with E-state index in [1.807, 2.05) is 13.0 Å². The Labute approximate surface area is 154 Å². The number of rotatable bonds is 8. The van der Waals surface area contributed by atoms with Crippen LogP contribution in [-0.2, 0) is 9.59 Å². The Balaban J connectivity index is 2.20. The smallest absolute Gasteiger partial charge is 0.254 e. The predicted molar refractivity (Wildman–Crippen MR) is 99.7 cm³/mol. The molecule has 0 N–H and O–H groups in total. The van der Waals surface area contributed by atoms with E-state index in [0.717, 1.165) is 50.6 Å². The molecule has 6 heteroatoms. The fraction of sp³-hybridized carbons (Fsp3) is 0.500. The van der Waals surface area contributed by atoms with Crippen LogP contribution in [0.15, 0.2) is 18.2 Å². The molecule has 0 aliphatic carbocycles. The van der Waals surface area contributed by atoms with Crippen molar-refractivity contribution in [3.05, 3.63) is 29.3 Å². The summed E-state index contributed by atoms with van der Waals surface area (Å²) in [5, 5.41) is 0. The van der Waals surface area contributed by atoms with Gasteiger partial charge >= 0.3 is 0 Å². The number of hydrogen-bond acceptors (Lipinski definition) is 5. The molecule has 1 fully saturated rings. The van der Waals surface area contributed by atoms with Crippen molar-refractivity contribution in [1.82, 2.24) is 4.90 Å². The van der Waals surface area contributed by atoms with Crippen LogP contribution in [0.1, 0.15) is 53.3 Å². The summed E-state index contributed by atoms with van der Waals surface area (Å²) in [5.41, 5.74) is 1.49. The van der Waals surface area contributed by atoms with Crippen molar-refractivity contribution in [2.24, 2.45) is 5.92 Å². The third-order valence-electron chi connectivity index (χ3n) is 5.05. The van der Waals surface area contributed by atoms with Crippen LogP contribution in [0, 0.1) is 5.92 Å². The molecule has 1 aromatic carbocycles. The van der Waals surface area contributed by atoms with Gasteiger partial charge in [0.1, 0.15) is 12.6 Å². The second-order valence-electron chi connectivity index (χ2n) is 6.76. The largest absolute Gasteiger partial charge is 0.371 e. The fourth-order valence-corrected chi connectivity index (χ4v) is 3.32. The van der Waals surface area contributed by atoms with E-state index in [1.165, 1.54) is 4.90 Å². The van der Waals surface area contributed by atoms with Crippen molar-refractivity contribution in [3.8, 4) is 0 Å². The van der Waals surface area contributed by atoms with Crippen LogP contribution >= 0.6 is 0 Å². The topological polar surface area (TPSA) is 74.8 Å². The van der Waals surface area contributed by atoms with E-state index in [0.29, 0.717) is 23.8 Å². The van der Waals surface area contributed by atoms with Crippen molar-refractivity contribution < 1.29 is 19.2 Å². The molecule has 140 valence electrons. The van der Waals surface area contributed by atoms with Gasteiger partial charge in [-0.3, -0.25) is 9.59 Å². The van der Waals surface area contributed by atoms with Gasteiger partial charge in [-0.05, 0) is 37.5 Å². The number of hydrogen-bond donors (Lipinski definition) is 0. The molecule has 0 bridgehead atoms. The molecular weight excluding hydrogens is 332 g/mol. The Hall–Kier alpha value is -2.50. The van der Waals surface area contributed by atoms with E-state index in [2.05, 4.69) is 4.90 Å². The first kappa shape index (κ1) is 19.8. The monoisotopic (exact) mass is 358 g/mol. The summed E-state index contributed by atoms with van der Waals surface area (Å²) in [7, 11) is 1.59. The van der Waals surface area contributed by atoms with Crippen LogP contribution in [0.25, 0.3) is 0 Å². The van der Waals surface area contributed by atoms with E-state index in [1.54, 1.807) is 19.2 Å². The number of benzene rings is 1. The maximum absolute atomic E-state index is 12.7. The lowest BCUT2D eigenvalue weighted by molar-refractivity contribution is -0.112. The molecule has 0 spiro atoms. The van der Waals surface area contributed by atoms with Gasteiger partial charge in [0.05, 0.1) is 11.6 Å². The van der Waals surface area contributed by atoms with Gasteiger partial charge in [0.2, 0.25) is 0 Å². The van der Waals surface area contributed by atoms with E-state index in [-0.39, 0.29) is 11.8 Å². The van der Waals surface area contributed by atoms with E-state index in [4.69, 9.17) is 0 Å². The van der Waals surface area contributed by atoms with E-state index < -0.39 is 6.04 Å². The minimum absolute atomic E-state index is 0.102. The highest BCUT2D eigenvalue weighted by atomic mass is 16.2. The van der Waals surface area contributed by atoms with Crippen molar-refractivity contribution >= 4 is 30.5 Å². The number of carbonyl (C=O) groups excluding carboxylic acids is 4. The molecule has 1 heterocycles. The van der Waals surface area contributed by atoms with Gasteiger partial charge in [0, 0.05) is 37.3 Å². The van der Waals surface area contributed by atoms with Gasteiger partial charge < -0.3 is 19.4 Å². The molecule has 0 saturated carbocycles. The number of anilines is 1. The molecule has 6 nitrogen and oxygen atoms in total. The van der Waals surface area contributed by atoms with Gasteiger partial charge in [0.15, 0.2) is 6.29 Å². The van der Waals surface area contributed by atoms with Gasteiger partial charge in [-0.1, -0.05) is 13.3 Å². The van der Waals surface area contributed by atoms with Crippen LogP contribution in [0.5, 0.6) is 0 Å². The summed E-state index contributed by atoms with van der Waals surface area (Å²) < 4.78 is 0. The van der Waals surface area contributed by atoms with Gasteiger partial charge in [-0.15, -0.1) is 0 Å². The third-order valence-corrected chi connectivity index (χ3v) is 5.05. The maximum Gasteiger partial charge on any atom is 0.254 e. The van der Waals surface area contributed by atoms with Crippen molar-refractivity contribution in [1.29, 1.82) is 0 Å². The highest BCUT2D eigenvalue weighted by Gasteiger charge is 2.24. The van der Waals surface area contributed by atoms with E-state index in [9.17, 15) is 19.2 Å². The summed E-state index contributed by atoms with van der Waals surface area (Å²) in [5.74, 6) is -0.228. The Kier molecular flexibility index (Phi) is 7.06. The quantitative estimate of drug-likeness (QED) is 0.667. The molecule has 26 heavy (non-hydrogen) atoms. The standard InChI is InChI=1S/C20H26N2O4/c1-3-4-18(14-25)21(2)20(26)19-6-5-17(11-16(19)13-24)22-9-7-15(12-23)8-10-22/h5-6,11-15,18H,3-4,7-10H2,1-2H3. The molecule has 0 aromatic heterocycles. The minimum atomic E-state index is -0.492. The van der Waals surface area contributed by atoms with Crippen molar-refractivity contribution in [2.75, 3.05) is 25.0 Å². The van der Waals surface area contributed by atoms with Crippen molar-refractivity contribution in [3.63, 3.8) is 0 Å². The van der Waals surface area contributed by atoms with E-state index >= 15 is 0 Å². The van der Waals surface area contributed by atoms with Crippen LogP contribution < -0.4 is 4.90 Å². The van der Waals surface area contributed by atoms with Crippen LogP contribution in [0.2, 0.25) is 0 Å². The van der Waals surface area contributed by atoms with Gasteiger partial charge in [0.25, 0.3) is 5.91 Å². The average Bonchev–Trinajstić information content (AvgIpc) is 2.70. The Bertz CT molecular complexity index is 666. The molecule has 1 aliphatic rings. The predicted octanol–water partition coefficient (Wildman–Crippen LogP) is 2.35. The number of piperidine rings is 1. The molecule has 1 amide bonds. The Morgan fingerprint density at radius 2 is 1.96 bits per heavy atom. The lowest BCUT2D eigenvalue weighted by atomic mass is 9.97. The molecule has 1 atom stereocenters. The van der Waals surface area contributed by atoms with Gasteiger partial charge in [-0.25, -0.2) is 0 Å². The number of aldehydes is 3. The molecule has 1 unspecified atom stereocenters. The van der Waals surface area contributed by atoms with Crippen molar-refractivity contribution in [2.45, 2.75) is 38.6 Å². The summed E-state index contributed by atoms with van der Waals surface area (Å²) in [6, 6.07) is 4.70. The number of amides is 1. The van der Waals surface area contributed by atoms with Crippen LogP contribution in [-0.4, -0.2) is 55.8 Å². The Morgan fingerprint density at radius 1 is 1.27 bits per heavy atom. The molecule has 1 saturated heterocycles. The number of carbonyl (C=O) groups is 4. The zero-order chi connectivity index (χ0) is 19.1. The Morgan fingerprint density at radius 3 is 2.50 bits per heavy atom. The summed E-state index contributed by atoms with van der Waals surface area (Å²) in [6.07, 6.45) is 5.42. The zero-order valence-corrected chi connectivity index (χ0v) is 15.4. The van der Waals surface area contributed by atoms with Gasteiger partial charge in [-0.2, -0.15) is 0 Å². The lowest BCUT2D eigenvalue weighted by Crippen LogP contribution is -2.38. The highest BCUT2D eigenvalue weighted by Crippen LogP contribution is 2.25. The highest BCUT2D eigenvalue weighted by molar-refractivity contribution is 6.02. The fourth-order valence-electron chi connectivity index (χ4n) is 3.32. The molecule has 0 radical (unpaired) electrons. The summed E-state index contributed by atoms with van der Waals surface area (Å²) in [4.78, 5) is 49.9. The second-order valence-corrected chi connectivity index (χ2v) is 6.76. The SMILES string of the molecule is CCCC(C=O)N(C)C(=O)c1ccc(N2CCC(C=O)CC2)cc1C=O. The van der Waals surface area contributed by atoms with Crippen LogP contribution in [0.4, 0.5) is 5.69 Å². The lowest BCUT2D eigenvalue weighted by Gasteiger charge is -2.32. The first-order valence-corrected chi connectivity index (χ1v) is 9.07. The third kappa shape index (κ3) is 4.36. The average molecular weight is 358 g/mol. The number of likely N-dealkylation sites (N-methyl/N-ethyl adjacent to an activating group) is 1. The molecule has 1 aliphatic heterocycles. The normalized spacial score (nSPS) is 16.0.